The summed E-state index contributed by atoms with van der Waals surface area (Å²) >= 11 is 0. The topological polar surface area (TPSA) is 68.2 Å². The zero-order chi connectivity index (χ0) is 17.4. The van der Waals surface area contributed by atoms with Gasteiger partial charge in [-0.05, 0) is 36.1 Å². The molecular formula is C19H30O5. The van der Waals surface area contributed by atoms with Gasteiger partial charge < -0.3 is 24.4 Å². The molecule has 2 rings (SSSR count). The smallest absolute Gasteiger partial charge is 0.231 e. The summed E-state index contributed by atoms with van der Waals surface area (Å²) in [7, 11) is 0. The second kappa shape index (κ2) is 9.25. The number of hydrogen-bond acceptors (Lipinski definition) is 5. The van der Waals surface area contributed by atoms with Crippen LogP contribution in [0.2, 0.25) is 0 Å². The normalized spacial score (nSPS) is 15.5. The van der Waals surface area contributed by atoms with Crippen molar-refractivity contribution >= 4 is 0 Å². The number of fused-ring (bicyclic) bond motifs is 1. The molecule has 2 N–H and O–H groups in total. The Labute approximate surface area is 144 Å². The van der Waals surface area contributed by atoms with Gasteiger partial charge in [-0.3, -0.25) is 0 Å². The molecule has 0 spiro atoms. The van der Waals surface area contributed by atoms with Crippen LogP contribution < -0.4 is 9.47 Å². The monoisotopic (exact) mass is 338 g/mol. The zero-order valence-corrected chi connectivity index (χ0v) is 14.8. The van der Waals surface area contributed by atoms with Gasteiger partial charge in [-0.2, -0.15) is 0 Å². The van der Waals surface area contributed by atoms with Crippen LogP contribution in [0.1, 0.15) is 50.7 Å². The molecule has 1 atom stereocenters. The molecule has 1 aromatic carbocycles. The highest BCUT2D eigenvalue weighted by atomic mass is 16.7. The second-order valence-corrected chi connectivity index (χ2v) is 6.51. The summed E-state index contributed by atoms with van der Waals surface area (Å²) in [5, 5.41) is 20.0. The van der Waals surface area contributed by atoms with Crippen LogP contribution in [0.5, 0.6) is 11.5 Å². The molecule has 0 bridgehead atoms. The average Bonchev–Trinajstić information content (AvgIpc) is 3.01. The van der Waals surface area contributed by atoms with E-state index in [1.54, 1.807) is 0 Å². The predicted molar refractivity (Wildman–Crippen MR) is 92.6 cm³/mol. The van der Waals surface area contributed by atoms with E-state index in [2.05, 4.69) is 13.8 Å². The van der Waals surface area contributed by atoms with E-state index in [1.807, 2.05) is 12.1 Å². The quantitative estimate of drug-likeness (QED) is 0.607. The van der Waals surface area contributed by atoms with Gasteiger partial charge in [0.15, 0.2) is 11.5 Å². The van der Waals surface area contributed by atoms with Gasteiger partial charge in [-0.15, -0.1) is 0 Å². The van der Waals surface area contributed by atoms with Crippen molar-refractivity contribution in [2.75, 3.05) is 26.6 Å². The first-order valence-corrected chi connectivity index (χ1v) is 8.94. The number of aliphatic hydroxyl groups is 2. The van der Waals surface area contributed by atoms with Gasteiger partial charge in [0.05, 0.1) is 25.4 Å². The molecule has 0 saturated carbocycles. The van der Waals surface area contributed by atoms with E-state index in [1.165, 1.54) is 5.56 Å². The first-order chi connectivity index (χ1) is 11.6. The molecule has 0 amide bonds. The van der Waals surface area contributed by atoms with Crippen LogP contribution in [-0.4, -0.2) is 42.4 Å². The molecule has 5 nitrogen and oxygen atoms in total. The van der Waals surface area contributed by atoms with E-state index < -0.39 is 5.60 Å². The summed E-state index contributed by atoms with van der Waals surface area (Å²) in [6.45, 7) is 4.95. The number of unbranched alkanes of at least 4 members (excludes halogenated alkanes) is 1. The van der Waals surface area contributed by atoms with Crippen LogP contribution in [0.3, 0.4) is 0 Å². The van der Waals surface area contributed by atoms with Crippen molar-refractivity contribution in [3.8, 4) is 11.5 Å². The number of rotatable bonds is 11. The molecule has 0 fully saturated rings. The predicted octanol–water partition coefficient (Wildman–Crippen LogP) is 2.84. The molecule has 24 heavy (non-hydrogen) atoms. The maximum atomic E-state index is 11.1. The minimum Gasteiger partial charge on any atom is -0.454 e. The van der Waals surface area contributed by atoms with Gasteiger partial charge in [-0.25, -0.2) is 0 Å². The second-order valence-electron chi connectivity index (χ2n) is 6.51. The van der Waals surface area contributed by atoms with Crippen molar-refractivity contribution in [3.63, 3.8) is 0 Å². The molecule has 0 radical (unpaired) electrons. The Hall–Kier alpha value is -1.30. The number of aliphatic hydroxyl groups excluding tert-OH is 1. The molecule has 1 heterocycles. The van der Waals surface area contributed by atoms with E-state index in [0.717, 1.165) is 42.7 Å². The molecule has 1 aliphatic rings. The molecule has 0 aliphatic carbocycles. The van der Waals surface area contributed by atoms with Crippen LogP contribution in [0, 0.1) is 0 Å². The Balaban J connectivity index is 2.19. The zero-order valence-electron chi connectivity index (χ0n) is 14.8. The van der Waals surface area contributed by atoms with Gasteiger partial charge in [0.1, 0.15) is 0 Å². The minimum absolute atomic E-state index is 0.0328. The molecule has 136 valence electrons. The molecular weight excluding hydrogens is 308 g/mol. The van der Waals surface area contributed by atoms with Crippen LogP contribution in [-0.2, 0) is 17.6 Å². The van der Waals surface area contributed by atoms with Crippen molar-refractivity contribution in [1.82, 2.24) is 0 Å². The maximum absolute atomic E-state index is 11.1. The Morgan fingerprint density at radius 1 is 1.12 bits per heavy atom. The molecule has 0 aromatic heterocycles. The van der Waals surface area contributed by atoms with E-state index in [-0.39, 0.29) is 26.6 Å². The van der Waals surface area contributed by atoms with E-state index in [4.69, 9.17) is 19.3 Å². The number of hydrogen-bond donors (Lipinski definition) is 2. The summed E-state index contributed by atoms with van der Waals surface area (Å²) < 4.78 is 16.4. The Morgan fingerprint density at radius 2 is 1.83 bits per heavy atom. The first kappa shape index (κ1) is 19.0. The fraction of sp³-hybridized carbons (Fsp3) is 0.684. The van der Waals surface area contributed by atoms with Gasteiger partial charge in [0.25, 0.3) is 0 Å². The highest BCUT2D eigenvalue weighted by Gasteiger charge is 2.29. The largest absolute Gasteiger partial charge is 0.454 e. The Kier molecular flexibility index (Phi) is 7.34. The van der Waals surface area contributed by atoms with Crippen LogP contribution in [0.25, 0.3) is 0 Å². The van der Waals surface area contributed by atoms with Crippen molar-refractivity contribution in [1.29, 1.82) is 0 Å². The average molecular weight is 338 g/mol. The lowest BCUT2D eigenvalue weighted by Crippen LogP contribution is -2.37. The molecule has 1 unspecified atom stereocenters. The highest BCUT2D eigenvalue weighted by Crippen LogP contribution is 2.37. The standard InChI is InChI=1S/C19H30O5/c1-3-5-7-19(21,13-22-9-8-20)12-16-11-18-17(23-14-24-18)10-15(16)6-4-2/h10-11,20-21H,3-9,12-14H2,1-2H3. The van der Waals surface area contributed by atoms with Crippen molar-refractivity contribution < 1.29 is 24.4 Å². The summed E-state index contributed by atoms with van der Waals surface area (Å²) in [4.78, 5) is 0. The van der Waals surface area contributed by atoms with Gasteiger partial charge in [0.2, 0.25) is 6.79 Å². The van der Waals surface area contributed by atoms with E-state index in [9.17, 15) is 5.11 Å². The highest BCUT2D eigenvalue weighted by molar-refractivity contribution is 5.49. The Morgan fingerprint density at radius 3 is 2.46 bits per heavy atom. The first-order valence-electron chi connectivity index (χ1n) is 8.94. The van der Waals surface area contributed by atoms with Crippen molar-refractivity contribution in [2.45, 2.75) is 58.0 Å². The lowest BCUT2D eigenvalue weighted by atomic mass is 9.87. The van der Waals surface area contributed by atoms with E-state index >= 15 is 0 Å². The number of aryl methyl sites for hydroxylation is 1. The van der Waals surface area contributed by atoms with Crippen LogP contribution in [0.15, 0.2) is 12.1 Å². The lowest BCUT2D eigenvalue weighted by Gasteiger charge is -2.29. The molecule has 5 heteroatoms. The third-order valence-electron chi connectivity index (χ3n) is 4.34. The van der Waals surface area contributed by atoms with Crippen LogP contribution in [0.4, 0.5) is 0 Å². The van der Waals surface area contributed by atoms with Crippen molar-refractivity contribution in [2.24, 2.45) is 0 Å². The lowest BCUT2D eigenvalue weighted by molar-refractivity contribution is -0.0583. The summed E-state index contributed by atoms with van der Waals surface area (Å²) in [6, 6.07) is 4.03. The van der Waals surface area contributed by atoms with Gasteiger partial charge in [-0.1, -0.05) is 33.1 Å². The van der Waals surface area contributed by atoms with Gasteiger partial charge in [0, 0.05) is 6.42 Å². The fourth-order valence-electron chi connectivity index (χ4n) is 3.09. The fourth-order valence-corrected chi connectivity index (χ4v) is 3.09. The number of ether oxygens (including phenoxy) is 3. The van der Waals surface area contributed by atoms with Crippen molar-refractivity contribution in [3.05, 3.63) is 23.3 Å². The third-order valence-corrected chi connectivity index (χ3v) is 4.34. The summed E-state index contributed by atoms with van der Waals surface area (Å²) in [5.74, 6) is 1.54. The minimum atomic E-state index is -0.929. The molecule has 1 aromatic rings. The summed E-state index contributed by atoms with van der Waals surface area (Å²) in [6.07, 6.45) is 5.12. The third kappa shape index (κ3) is 5.10. The summed E-state index contributed by atoms with van der Waals surface area (Å²) in [5.41, 5.74) is 1.35. The SMILES string of the molecule is CCCCC(O)(COCCO)Cc1cc2c(cc1CCC)OCO2. The maximum Gasteiger partial charge on any atom is 0.231 e. The molecule has 0 saturated heterocycles. The van der Waals surface area contributed by atoms with Gasteiger partial charge >= 0.3 is 0 Å². The van der Waals surface area contributed by atoms with E-state index in [0.29, 0.717) is 12.8 Å². The Bertz CT molecular complexity index is 517. The molecule has 1 aliphatic heterocycles. The number of benzene rings is 1. The van der Waals surface area contributed by atoms with Crippen LogP contribution >= 0.6 is 0 Å².